The largest absolute Gasteiger partial charge is 0.454 e. The SMILES string of the molecule is COCC1CCS(=O)(=O)C12CN(Cc1ccc3c(c1)OCO3)C2. The van der Waals surface area contributed by atoms with Gasteiger partial charge in [-0.1, -0.05) is 6.07 Å². The van der Waals surface area contributed by atoms with Gasteiger partial charge in [0, 0.05) is 32.7 Å². The molecule has 0 bridgehead atoms. The minimum Gasteiger partial charge on any atom is -0.454 e. The number of benzene rings is 1. The first-order chi connectivity index (χ1) is 11.0. The van der Waals surface area contributed by atoms with Crippen molar-refractivity contribution >= 4 is 9.84 Å². The number of rotatable bonds is 4. The van der Waals surface area contributed by atoms with Crippen LogP contribution in [0.15, 0.2) is 18.2 Å². The van der Waals surface area contributed by atoms with Gasteiger partial charge in [-0.3, -0.25) is 4.90 Å². The third-order valence-corrected chi connectivity index (χ3v) is 7.90. The van der Waals surface area contributed by atoms with Gasteiger partial charge in [0.15, 0.2) is 21.3 Å². The Bertz CT molecular complexity index is 711. The average molecular weight is 339 g/mol. The molecule has 0 saturated carbocycles. The Morgan fingerprint density at radius 2 is 2.09 bits per heavy atom. The minimum atomic E-state index is -3.02. The van der Waals surface area contributed by atoms with Crippen LogP contribution in [0, 0.1) is 5.92 Å². The van der Waals surface area contributed by atoms with Gasteiger partial charge in [0.25, 0.3) is 0 Å². The van der Waals surface area contributed by atoms with E-state index in [1.807, 2.05) is 18.2 Å². The summed E-state index contributed by atoms with van der Waals surface area (Å²) in [5.41, 5.74) is 1.11. The molecular weight excluding hydrogens is 318 g/mol. The number of ether oxygens (including phenoxy) is 3. The number of sulfone groups is 1. The summed E-state index contributed by atoms with van der Waals surface area (Å²) in [4.78, 5) is 2.18. The van der Waals surface area contributed by atoms with Crippen LogP contribution in [-0.4, -0.2) is 57.4 Å². The Morgan fingerprint density at radius 1 is 1.30 bits per heavy atom. The van der Waals surface area contributed by atoms with Crippen molar-refractivity contribution in [2.24, 2.45) is 5.92 Å². The lowest BCUT2D eigenvalue weighted by Crippen LogP contribution is -2.67. The van der Waals surface area contributed by atoms with Gasteiger partial charge in [-0.05, 0) is 24.1 Å². The fourth-order valence-corrected chi connectivity index (χ4v) is 6.48. The highest BCUT2D eigenvalue weighted by molar-refractivity contribution is 7.93. The number of likely N-dealkylation sites (tertiary alicyclic amines) is 1. The summed E-state index contributed by atoms with van der Waals surface area (Å²) in [6, 6.07) is 5.89. The molecule has 0 N–H and O–H groups in total. The van der Waals surface area contributed by atoms with Gasteiger partial charge in [0.05, 0.1) is 12.4 Å². The van der Waals surface area contributed by atoms with E-state index >= 15 is 0 Å². The predicted octanol–water partition coefficient (Wildman–Crippen LogP) is 1.05. The number of hydrogen-bond acceptors (Lipinski definition) is 6. The van der Waals surface area contributed by atoms with E-state index in [9.17, 15) is 8.42 Å². The molecule has 4 rings (SSSR count). The molecule has 0 aromatic heterocycles. The van der Waals surface area contributed by atoms with Crippen molar-refractivity contribution in [2.45, 2.75) is 17.7 Å². The highest BCUT2D eigenvalue weighted by Crippen LogP contribution is 2.45. The number of methoxy groups -OCH3 is 1. The van der Waals surface area contributed by atoms with E-state index in [-0.39, 0.29) is 12.7 Å². The number of nitrogens with zero attached hydrogens (tertiary/aromatic N) is 1. The second-order valence-corrected chi connectivity index (χ2v) is 9.11. The summed E-state index contributed by atoms with van der Waals surface area (Å²) in [7, 11) is -1.38. The molecule has 23 heavy (non-hydrogen) atoms. The molecule has 2 fully saturated rings. The Hall–Kier alpha value is -1.31. The molecule has 6 nitrogen and oxygen atoms in total. The number of fused-ring (bicyclic) bond motifs is 1. The van der Waals surface area contributed by atoms with Crippen LogP contribution in [0.4, 0.5) is 0 Å². The molecule has 2 saturated heterocycles. The van der Waals surface area contributed by atoms with Crippen molar-refractivity contribution < 1.29 is 22.6 Å². The van der Waals surface area contributed by atoms with Gasteiger partial charge >= 0.3 is 0 Å². The lowest BCUT2D eigenvalue weighted by atomic mass is 9.83. The molecule has 3 aliphatic heterocycles. The maximum atomic E-state index is 12.5. The van der Waals surface area contributed by atoms with E-state index in [1.165, 1.54) is 0 Å². The predicted molar refractivity (Wildman–Crippen MR) is 84.3 cm³/mol. The Kier molecular flexibility index (Phi) is 3.55. The van der Waals surface area contributed by atoms with Crippen molar-refractivity contribution in [1.29, 1.82) is 0 Å². The van der Waals surface area contributed by atoms with Crippen molar-refractivity contribution in [3.05, 3.63) is 23.8 Å². The monoisotopic (exact) mass is 339 g/mol. The fraction of sp³-hybridized carbons (Fsp3) is 0.625. The lowest BCUT2D eigenvalue weighted by molar-refractivity contribution is 0.0411. The molecule has 1 unspecified atom stereocenters. The van der Waals surface area contributed by atoms with Crippen molar-refractivity contribution in [2.75, 3.05) is 39.4 Å². The molecule has 0 amide bonds. The maximum Gasteiger partial charge on any atom is 0.231 e. The topological polar surface area (TPSA) is 65.1 Å². The summed E-state index contributed by atoms with van der Waals surface area (Å²) in [5, 5.41) is 0. The van der Waals surface area contributed by atoms with Crippen LogP contribution in [0.3, 0.4) is 0 Å². The summed E-state index contributed by atoms with van der Waals surface area (Å²) < 4.78 is 40.3. The van der Waals surface area contributed by atoms with E-state index in [0.29, 0.717) is 31.9 Å². The second kappa shape index (κ2) is 5.36. The molecule has 1 spiro atoms. The summed E-state index contributed by atoms with van der Waals surface area (Å²) in [6.45, 7) is 2.71. The molecular formula is C16H21NO5S. The quantitative estimate of drug-likeness (QED) is 0.817. The smallest absolute Gasteiger partial charge is 0.231 e. The molecule has 126 valence electrons. The van der Waals surface area contributed by atoms with Crippen molar-refractivity contribution in [3.63, 3.8) is 0 Å². The van der Waals surface area contributed by atoms with E-state index < -0.39 is 14.6 Å². The number of hydrogen-bond donors (Lipinski definition) is 0. The molecule has 3 aliphatic rings. The minimum absolute atomic E-state index is 0.116. The van der Waals surface area contributed by atoms with E-state index in [1.54, 1.807) is 7.11 Å². The second-order valence-electron chi connectivity index (χ2n) is 6.66. The van der Waals surface area contributed by atoms with Gasteiger partial charge in [0.1, 0.15) is 4.75 Å². The summed E-state index contributed by atoms with van der Waals surface area (Å²) >= 11 is 0. The first-order valence-corrected chi connectivity index (χ1v) is 9.51. The highest BCUT2D eigenvalue weighted by Gasteiger charge is 2.61. The summed E-state index contributed by atoms with van der Waals surface area (Å²) in [6.07, 6.45) is 0.716. The van der Waals surface area contributed by atoms with Gasteiger partial charge in [0.2, 0.25) is 6.79 Å². The first-order valence-electron chi connectivity index (χ1n) is 7.86. The van der Waals surface area contributed by atoms with Gasteiger partial charge < -0.3 is 14.2 Å². The Balaban J connectivity index is 1.46. The van der Waals surface area contributed by atoms with Crippen molar-refractivity contribution in [1.82, 2.24) is 4.90 Å². The molecule has 0 aliphatic carbocycles. The van der Waals surface area contributed by atoms with Crippen LogP contribution in [0.5, 0.6) is 11.5 Å². The summed E-state index contributed by atoms with van der Waals surface area (Å²) in [5.74, 6) is 1.94. The Labute approximate surface area is 136 Å². The van der Waals surface area contributed by atoms with Crippen molar-refractivity contribution in [3.8, 4) is 11.5 Å². The van der Waals surface area contributed by atoms with Crippen LogP contribution < -0.4 is 9.47 Å². The molecule has 0 radical (unpaired) electrons. The standard InChI is InChI=1S/C16H21NO5S/c1-20-8-13-4-5-23(18,19)16(13)9-17(10-16)7-12-2-3-14-15(6-12)22-11-21-14/h2-3,6,13H,4-5,7-11H2,1H3. The molecule has 1 aromatic carbocycles. The van der Waals surface area contributed by atoms with E-state index in [4.69, 9.17) is 14.2 Å². The van der Waals surface area contributed by atoms with Crippen LogP contribution in [0.25, 0.3) is 0 Å². The zero-order valence-electron chi connectivity index (χ0n) is 13.2. The van der Waals surface area contributed by atoms with E-state index in [2.05, 4.69) is 4.90 Å². The van der Waals surface area contributed by atoms with Gasteiger partial charge in [-0.25, -0.2) is 8.42 Å². The third kappa shape index (κ3) is 2.33. The zero-order chi connectivity index (χ0) is 16.1. The van der Waals surface area contributed by atoms with Gasteiger partial charge in [-0.2, -0.15) is 0 Å². The zero-order valence-corrected chi connectivity index (χ0v) is 14.0. The molecule has 1 aromatic rings. The van der Waals surface area contributed by atoms with E-state index in [0.717, 1.165) is 23.6 Å². The van der Waals surface area contributed by atoms with Crippen LogP contribution in [-0.2, 0) is 21.1 Å². The normalized spacial score (nSPS) is 27.3. The first kappa shape index (κ1) is 15.2. The van der Waals surface area contributed by atoms with Gasteiger partial charge in [-0.15, -0.1) is 0 Å². The van der Waals surface area contributed by atoms with Crippen LogP contribution >= 0.6 is 0 Å². The molecule has 3 heterocycles. The molecule has 1 atom stereocenters. The van der Waals surface area contributed by atoms with Crippen LogP contribution in [0.2, 0.25) is 0 Å². The Morgan fingerprint density at radius 3 is 2.87 bits per heavy atom. The lowest BCUT2D eigenvalue weighted by Gasteiger charge is -2.50. The maximum absolute atomic E-state index is 12.5. The van der Waals surface area contributed by atoms with Crippen LogP contribution in [0.1, 0.15) is 12.0 Å². The fourth-order valence-electron chi connectivity index (χ4n) is 4.03. The third-order valence-electron chi connectivity index (χ3n) is 5.29. The highest BCUT2D eigenvalue weighted by atomic mass is 32.2. The molecule has 7 heteroatoms. The average Bonchev–Trinajstić information content (AvgIpc) is 3.03.